The Balaban J connectivity index is 3.95. The van der Waals surface area contributed by atoms with Crippen LogP contribution in [-0.2, 0) is 9.59 Å². The number of rotatable bonds is 33. The van der Waals surface area contributed by atoms with Crippen molar-refractivity contribution < 1.29 is 14.7 Å². The lowest BCUT2D eigenvalue weighted by molar-refractivity contribution is -0.135. The Bertz CT molecular complexity index is 520. The van der Waals surface area contributed by atoms with E-state index in [1.807, 2.05) is 0 Å². The first-order valence-electron chi connectivity index (χ1n) is 17.9. The molecule has 0 saturated carbocycles. The van der Waals surface area contributed by atoms with Gasteiger partial charge in [0.25, 0.3) is 0 Å². The van der Waals surface area contributed by atoms with Crippen molar-refractivity contribution in [3.63, 3.8) is 0 Å². The highest BCUT2D eigenvalue weighted by atomic mass is 16.3. The zero-order valence-electron chi connectivity index (χ0n) is 27.5. The molecule has 238 valence electrons. The number of unbranched alkanes of at least 4 members (excludes halogenated alkanes) is 24. The molecule has 0 radical (unpaired) electrons. The fraction of sp³-hybridized carbons (Fsp3) is 0.944. The molecule has 0 aliphatic heterocycles. The van der Waals surface area contributed by atoms with Crippen LogP contribution in [0.2, 0.25) is 0 Å². The lowest BCUT2D eigenvalue weighted by atomic mass is 9.85. The SMILES string of the molecule is CCCCCCCCCCCCCCCC(=O)C(C)(NCCO)C(=O)CCCCCCCCCCCCCCC. The largest absolute Gasteiger partial charge is 0.395 e. The fourth-order valence-electron chi connectivity index (χ4n) is 5.77. The Labute approximate surface area is 250 Å². The molecule has 0 aliphatic rings. The minimum atomic E-state index is -1.14. The molecule has 0 aromatic rings. The van der Waals surface area contributed by atoms with E-state index in [1.54, 1.807) is 6.92 Å². The van der Waals surface area contributed by atoms with Crippen LogP contribution in [0.15, 0.2) is 0 Å². The Kier molecular flexibility index (Phi) is 29.2. The zero-order valence-corrected chi connectivity index (χ0v) is 27.5. The monoisotopic (exact) mass is 566 g/mol. The second-order valence-corrected chi connectivity index (χ2v) is 12.6. The van der Waals surface area contributed by atoms with Crippen molar-refractivity contribution in [2.24, 2.45) is 0 Å². The highest BCUT2D eigenvalue weighted by molar-refractivity contribution is 6.11. The highest BCUT2D eigenvalue weighted by Gasteiger charge is 2.38. The highest BCUT2D eigenvalue weighted by Crippen LogP contribution is 2.19. The lowest BCUT2D eigenvalue weighted by Crippen LogP contribution is -2.56. The van der Waals surface area contributed by atoms with Crippen molar-refractivity contribution in [1.82, 2.24) is 5.32 Å². The van der Waals surface area contributed by atoms with Gasteiger partial charge in [0, 0.05) is 19.4 Å². The van der Waals surface area contributed by atoms with Gasteiger partial charge >= 0.3 is 0 Å². The first-order valence-corrected chi connectivity index (χ1v) is 17.9. The summed E-state index contributed by atoms with van der Waals surface area (Å²) < 4.78 is 0. The summed E-state index contributed by atoms with van der Waals surface area (Å²) in [5.74, 6) is 0.00688. The number of aliphatic hydroxyl groups excluding tert-OH is 1. The van der Waals surface area contributed by atoms with Gasteiger partial charge < -0.3 is 5.11 Å². The molecule has 0 spiro atoms. The standard InChI is InChI=1S/C36H71NO3/c1-4-6-8-10-12-14-16-18-20-22-24-26-28-30-34(39)36(3,37-32-33-38)35(40)31-29-27-25-23-21-19-17-15-13-11-9-7-5-2/h37-38H,4-33H2,1-3H3. The Morgan fingerprint density at radius 1 is 0.475 bits per heavy atom. The number of carbonyl (C=O) groups is 2. The van der Waals surface area contributed by atoms with Crippen LogP contribution in [-0.4, -0.2) is 35.4 Å². The van der Waals surface area contributed by atoms with Crippen LogP contribution < -0.4 is 5.32 Å². The molecule has 0 amide bonds. The second kappa shape index (κ2) is 29.7. The summed E-state index contributed by atoms with van der Waals surface area (Å²) >= 11 is 0. The van der Waals surface area contributed by atoms with Crippen LogP contribution in [0.5, 0.6) is 0 Å². The van der Waals surface area contributed by atoms with Gasteiger partial charge in [-0.25, -0.2) is 0 Å². The third-order valence-corrected chi connectivity index (χ3v) is 8.72. The molecule has 0 aromatic heterocycles. The van der Waals surface area contributed by atoms with E-state index in [9.17, 15) is 14.7 Å². The molecule has 0 aromatic carbocycles. The number of nitrogens with one attached hydrogen (secondary N) is 1. The van der Waals surface area contributed by atoms with E-state index in [0.29, 0.717) is 12.8 Å². The molecule has 0 fully saturated rings. The summed E-state index contributed by atoms with van der Waals surface area (Å²) in [5, 5.41) is 12.4. The summed E-state index contributed by atoms with van der Waals surface area (Å²) in [5.41, 5.74) is -1.14. The minimum Gasteiger partial charge on any atom is -0.395 e. The molecule has 40 heavy (non-hydrogen) atoms. The molecule has 0 aliphatic carbocycles. The molecule has 0 atom stereocenters. The predicted octanol–water partition coefficient (Wildman–Crippen LogP) is 10.4. The number of aliphatic hydroxyl groups is 1. The fourth-order valence-corrected chi connectivity index (χ4v) is 5.77. The Morgan fingerprint density at radius 3 is 0.975 bits per heavy atom. The number of hydrogen-bond donors (Lipinski definition) is 2. The smallest absolute Gasteiger partial charge is 0.160 e. The Hall–Kier alpha value is -0.740. The predicted molar refractivity (Wildman–Crippen MR) is 174 cm³/mol. The molecule has 0 unspecified atom stereocenters. The molecule has 0 bridgehead atoms. The van der Waals surface area contributed by atoms with Crippen molar-refractivity contribution in [2.45, 2.75) is 206 Å². The summed E-state index contributed by atoms with van der Waals surface area (Å²) in [6.45, 7) is 6.50. The maximum Gasteiger partial charge on any atom is 0.160 e. The maximum atomic E-state index is 13.1. The van der Waals surface area contributed by atoms with Gasteiger partial charge in [0.05, 0.1) is 6.61 Å². The van der Waals surface area contributed by atoms with Gasteiger partial charge in [-0.2, -0.15) is 0 Å². The zero-order chi connectivity index (χ0) is 29.6. The van der Waals surface area contributed by atoms with Gasteiger partial charge in [0.2, 0.25) is 0 Å². The van der Waals surface area contributed by atoms with Gasteiger partial charge in [0.15, 0.2) is 11.6 Å². The molecular formula is C36H71NO3. The van der Waals surface area contributed by atoms with Crippen LogP contribution in [0.1, 0.15) is 201 Å². The van der Waals surface area contributed by atoms with Gasteiger partial charge in [-0.15, -0.1) is 0 Å². The molecule has 4 nitrogen and oxygen atoms in total. The molecule has 0 rings (SSSR count). The van der Waals surface area contributed by atoms with Crippen molar-refractivity contribution in [3.05, 3.63) is 0 Å². The second-order valence-electron chi connectivity index (χ2n) is 12.6. The van der Waals surface area contributed by atoms with Crippen molar-refractivity contribution in [2.75, 3.05) is 13.2 Å². The normalized spacial score (nSPS) is 11.8. The number of carbonyl (C=O) groups excluding carboxylic acids is 2. The van der Waals surface area contributed by atoms with Gasteiger partial charge in [-0.3, -0.25) is 14.9 Å². The molecule has 2 N–H and O–H groups in total. The number of Topliss-reactive ketones (excluding diaryl/α,β-unsaturated/α-hetero) is 2. The summed E-state index contributed by atoms with van der Waals surface area (Å²) in [4.78, 5) is 26.2. The van der Waals surface area contributed by atoms with Gasteiger partial charge in [-0.1, -0.05) is 168 Å². The van der Waals surface area contributed by atoms with Crippen LogP contribution >= 0.6 is 0 Å². The third-order valence-electron chi connectivity index (χ3n) is 8.72. The summed E-state index contributed by atoms with van der Waals surface area (Å²) in [7, 11) is 0. The number of β-amino-alcohol motifs (C(OH)–C–C–N with tert-alkyl or cyclic N) is 1. The van der Waals surface area contributed by atoms with E-state index >= 15 is 0 Å². The van der Waals surface area contributed by atoms with Crippen LogP contribution in [0, 0.1) is 0 Å². The molecular weight excluding hydrogens is 494 g/mol. The van der Waals surface area contributed by atoms with Crippen LogP contribution in [0.3, 0.4) is 0 Å². The lowest BCUT2D eigenvalue weighted by Gasteiger charge is -2.28. The van der Waals surface area contributed by atoms with E-state index in [-0.39, 0.29) is 24.7 Å². The van der Waals surface area contributed by atoms with E-state index in [2.05, 4.69) is 19.2 Å². The Morgan fingerprint density at radius 2 is 0.725 bits per heavy atom. The van der Waals surface area contributed by atoms with Crippen LogP contribution in [0.4, 0.5) is 0 Å². The van der Waals surface area contributed by atoms with Gasteiger partial charge in [0.1, 0.15) is 5.54 Å². The van der Waals surface area contributed by atoms with Crippen molar-refractivity contribution in [3.8, 4) is 0 Å². The van der Waals surface area contributed by atoms with Crippen LogP contribution in [0.25, 0.3) is 0 Å². The third kappa shape index (κ3) is 22.9. The maximum absolute atomic E-state index is 13.1. The molecule has 4 heteroatoms. The van der Waals surface area contributed by atoms with Crippen molar-refractivity contribution in [1.29, 1.82) is 0 Å². The van der Waals surface area contributed by atoms with Gasteiger partial charge in [-0.05, 0) is 19.8 Å². The number of hydrogen-bond acceptors (Lipinski definition) is 4. The average Bonchev–Trinajstić information content (AvgIpc) is 2.96. The number of ketones is 2. The molecule has 0 saturated heterocycles. The van der Waals surface area contributed by atoms with E-state index in [4.69, 9.17) is 0 Å². The van der Waals surface area contributed by atoms with E-state index in [1.165, 1.54) is 141 Å². The minimum absolute atomic E-state index is 0.00344. The average molecular weight is 566 g/mol. The first kappa shape index (κ1) is 39.3. The topological polar surface area (TPSA) is 66.4 Å². The van der Waals surface area contributed by atoms with E-state index in [0.717, 1.165) is 25.7 Å². The first-order chi connectivity index (χ1) is 19.5. The van der Waals surface area contributed by atoms with Crippen molar-refractivity contribution >= 4 is 11.6 Å². The summed E-state index contributed by atoms with van der Waals surface area (Å²) in [6, 6.07) is 0. The quantitative estimate of drug-likeness (QED) is 0.0613. The summed E-state index contributed by atoms with van der Waals surface area (Å²) in [6.07, 6.45) is 34.2. The molecule has 0 heterocycles. The van der Waals surface area contributed by atoms with E-state index < -0.39 is 5.54 Å².